The quantitative estimate of drug-likeness (QED) is 0.891. The molecule has 0 aliphatic heterocycles. The Balaban J connectivity index is 2.77. The van der Waals surface area contributed by atoms with Crippen molar-refractivity contribution in [2.75, 3.05) is 12.4 Å². The number of benzene rings is 1. The zero-order valence-electron chi connectivity index (χ0n) is 8.47. The summed E-state index contributed by atoms with van der Waals surface area (Å²) in [5, 5.41) is 5.70. The van der Waals surface area contributed by atoms with E-state index in [-0.39, 0.29) is 11.9 Å². The molecular formula is C10H12Br2N2O. The van der Waals surface area contributed by atoms with Gasteiger partial charge in [-0.15, -0.1) is 0 Å². The number of rotatable bonds is 3. The van der Waals surface area contributed by atoms with Crippen LogP contribution in [0.2, 0.25) is 0 Å². The molecule has 0 heterocycles. The number of nitrogens with one attached hydrogen (secondary N) is 2. The summed E-state index contributed by atoms with van der Waals surface area (Å²) in [6, 6.07) is 5.40. The van der Waals surface area contributed by atoms with Gasteiger partial charge < -0.3 is 10.6 Å². The van der Waals surface area contributed by atoms with Crippen LogP contribution < -0.4 is 10.6 Å². The second kappa shape index (κ2) is 5.63. The van der Waals surface area contributed by atoms with Crippen LogP contribution in [0.3, 0.4) is 0 Å². The van der Waals surface area contributed by atoms with Crippen molar-refractivity contribution in [3.8, 4) is 0 Å². The molecule has 1 atom stereocenters. The van der Waals surface area contributed by atoms with Gasteiger partial charge in [-0.1, -0.05) is 15.9 Å². The Labute approximate surface area is 106 Å². The molecule has 1 aromatic rings. The molecule has 0 saturated carbocycles. The Morgan fingerprint density at radius 3 is 2.60 bits per heavy atom. The number of hydrogen-bond donors (Lipinski definition) is 2. The summed E-state index contributed by atoms with van der Waals surface area (Å²) in [6.45, 7) is 1.81. The van der Waals surface area contributed by atoms with Crippen LogP contribution in [0.15, 0.2) is 27.1 Å². The van der Waals surface area contributed by atoms with E-state index in [1.165, 1.54) is 0 Å². The Morgan fingerprint density at radius 1 is 1.40 bits per heavy atom. The topological polar surface area (TPSA) is 41.1 Å². The molecule has 0 spiro atoms. The summed E-state index contributed by atoms with van der Waals surface area (Å²) in [7, 11) is 1.75. The molecule has 0 aromatic heterocycles. The molecule has 3 nitrogen and oxygen atoms in total. The maximum atomic E-state index is 11.6. The Kier molecular flexibility index (Phi) is 4.76. The van der Waals surface area contributed by atoms with Gasteiger partial charge >= 0.3 is 0 Å². The van der Waals surface area contributed by atoms with Crippen molar-refractivity contribution in [3.63, 3.8) is 0 Å². The van der Waals surface area contributed by atoms with Gasteiger partial charge in [0.25, 0.3) is 0 Å². The van der Waals surface area contributed by atoms with E-state index in [9.17, 15) is 4.79 Å². The average Bonchev–Trinajstić information content (AvgIpc) is 2.20. The largest absolute Gasteiger partial charge is 0.324 e. The number of hydrogen-bond acceptors (Lipinski definition) is 2. The monoisotopic (exact) mass is 334 g/mol. The van der Waals surface area contributed by atoms with E-state index >= 15 is 0 Å². The third-order valence-electron chi connectivity index (χ3n) is 2.02. The summed E-state index contributed by atoms with van der Waals surface area (Å²) in [5.74, 6) is -0.0551. The first-order chi connectivity index (χ1) is 7.04. The lowest BCUT2D eigenvalue weighted by molar-refractivity contribution is -0.117. The Bertz CT molecular complexity index is 368. The number of amides is 1. The van der Waals surface area contributed by atoms with Gasteiger partial charge in [0.2, 0.25) is 5.91 Å². The third kappa shape index (κ3) is 3.59. The molecule has 0 aliphatic rings. The normalized spacial score (nSPS) is 12.3. The lowest BCUT2D eigenvalue weighted by atomic mass is 10.3. The van der Waals surface area contributed by atoms with Gasteiger partial charge in [-0.05, 0) is 48.1 Å². The minimum atomic E-state index is -0.208. The van der Waals surface area contributed by atoms with Gasteiger partial charge in [-0.25, -0.2) is 0 Å². The van der Waals surface area contributed by atoms with E-state index < -0.39 is 0 Å². The molecule has 1 rings (SSSR count). The predicted octanol–water partition coefficient (Wildman–Crippen LogP) is 2.76. The van der Waals surface area contributed by atoms with Crippen molar-refractivity contribution >= 4 is 43.5 Å². The maximum absolute atomic E-state index is 11.6. The summed E-state index contributed by atoms with van der Waals surface area (Å²) < 4.78 is 1.82. The van der Waals surface area contributed by atoms with E-state index in [4.69, 9.17) is 0 Å². The Morgan fingerprint density at radius 2 is 2.07 bits per heavy atom. The molecule has 1 aromatic carbocycles. The summed E-state index contributed by atoms with van der Waals surface area (Å²) in [4.78, 5) is 11.6. The highest BCUT2D eigenvalue weighted by Gasteiger charge is 2.11. The van der Waals surface area contributed by atoms with Crippen LogP contribution in [0.25, 0.3) is 0 Å². The van der Waals surface area contributed by atoms with Crippen molar-refractivity contribution in [1.82, 2.24) is 5.32 Å². The molecule has 0 saturated heterocycles. The summed E-state index contributed by atoms with van der Waals surface area (Å²) >= 11 is 6.73. The standard InChI is InChI=1S/C10H12Br2N2O/c1-6(13-2)10(15)14-9-4-3-7(11)5-8(9)12/h3-6,13H,1-2H3,(H,14,15). The van der Waals surface area contributed by atoms with E-state index in [0.29, 0.717) is 0 Å². The first-order valence-corrected chi connectivity index (χ1v) is 6.06. The number of halogens is 2. The zero-order valence-corrected chi connectivity index (χ0v) is 11.6. The molecule has 1 amide bonds. The first kappa shape index (κ1) is 12.7. The number of carbonyl (C=O) groups is 1. The minimum absolute atomic E-state index is 0.0551. The SMILES string of the molecule is CNC(C)C(=O)Nc1ccc(Br)cc1Br. The predicted molar refractivity (Wildman–Crippen MR) is 69.0 cm³/mol. The molecule has 0 radical (unpaired) electrons. The lowest BCUT2D eigenvalue weighted by Gasteiger charge is -2.12. The molecule has 15 heavy (non-hydrogen) atoms. The third-order valence-corrected chi connectivity index (χ3v) is 3.16. The number of carbonyl (C=O) groups excluding carboxylic acids is 1. The number of anilines is 1. The fourth-order valence-electron chi connectivity index (χ4n) is 0.963. The van der Waals surface area contributed by atoms with Gasteiger partial charge in [0.15, 0.2) is 0 Å². The molecule has 82 valence electrons. The van der Waals surface area contributed by atoms with Crippen molar-refractivity contribution < 1.29 is 4.79 Å². The Hall–Kier alpha value is -0.390. The molecule has 0 fully saturated rings. The second-order valence-electron chi connectivity index (χ2n) is 3.12. The average molecular weight is 336 g/mol. The van der Waals surface area contributed by atoms with Crippen LogP contribution in [0.1, 0.15) is 6.92 Å². The van der Waals surface area contributed by atoms with Gasteiger partial charge in [0, 0.05) is 8.95 Å². The highest BCUT2D eigenvalue weighted by Crippen LogP contribution is 2.26. The highest BCUT2D eigenvalue weighted by molar-refractivity contribution is 9.11. The molecular weight excluding hydrogens is 324 g/mol. The van der Waals surface area contributed by atoms with Crippen LogP contribution >= 0.6 is 31.9 Å². The van der Waals surface area contributed by atoms with E-state index in [1.54, 1.807) is 7.05 Å². The maximum Gasteiger partial charge on any atom is 0.241 e. The van der Waals surface area contributed by atoms with Gasteiger partial charge in [-0.3, -0.25) is 4.79 Å². The first-order valence-electron chi connectivity index (χ1n) is 4.47. The van der Waals surface area contributed by atoms with E-state index in [0.717, 1.165) is 14.6 Å². The molecule has 0 bridgehead atoms. The molecule has 2 N–H and O–H groups in total. The van der Waals surface area contributed by atoms with Crippen LogP contribution in [0.4, 0.5) is 5.69 Å². The lowest BCUT2D eigenvalue weighted by Crippen LogP contribution is -2.35. The van der Waals surface area contributed by atoms with Gasteiger partial charge in [0.1, 0.15) is 0 Å². The minimum Gasteiger partial charge on any atom is -0.324 e. The van der Waals surface area contributed by atoms with E-state index in [1.807, 2.05) is 25.1 Å². The van der Waals surface area contributed by atoms with Gasteiger partial charge in [0.05, 0.1) is 11.7 Å². The fourth-order valence-corrected chi connectivity index (χ4v) is 2.11. The molecule has 1 unspecified atom stereocenters. The highest BCUT2D eigenvalue weighted by atomic mass is 79.9. The second-order valence-corrected chi connectivity index (χ2v) is 4.89. The van der Waals surface area contributed by atoms with Crippen molar-refractivity contribution in [2.45, 2.75) is 13.0 Å². The molecule has 0 aliphatic carbocycles. The van der Waals surface area contributed by atoms with E-state index in [2.05, 4.69) is 42.5 Å². The molecule has 5 heteroatoms. The van der Waals surface area contributed by atoms with Crippen LogP contribution in [-0.4, -0.2) is 19.0 Å². The number of likely N-dealkylation sites (N-methyl/N-ethyl adjacent to an activating group) is 1. The summed E-state index contributed by atoms with van der Waals surface area (Å²) in [6.07, 6.45) is 0. The van der Waals surface area contributed by atoms with Crippen LogP contribution in [0, 0.1) is 0 Å². The fraction of sp³-hybridized carbons (Fsp3) is 0.300. The van der Waals surface area contributed by atoms with Crippen molar-refractivity contribution in [1.29, 1.82) is 0 Å². The van der Waals surface area contributed by atoms with Gasteiger partial charge in [-0.2, -0.15) is 0 Å². The van der Waals surface area contributed by atoms with Crippen molar-refractivity contribution in [3.05, 3.63) is 27.1 Å². The van der Waals surface area contributed by atoms with Crippen LogP contribution in [0.5, 0.6) is 0 Å². The smallest absolute Gasteiger partial charge is 0.241 e. The van der Waals surface area contributed by atoms with Crippen LogP contribution in [-0.2, 0) is 4.79 Å². The summed E-state index contributed by atoms with van der Waals surface area (Å²) in [5.41, 5.74) is 0.769. The van der Waals surface area contributed by atoms with Crippen molar-refractivity contribution in [2.24, 2.45) is 0 Å². The zero-order chi connectivity index (χ0) is 11.4.